The molecular formula is C15H13BrO. The van der Waals surface area contributed by atoms with Crippen molar-refractivity contribution in [3.05, 3.63) is 70.2 Å². The molecule has 0 unspecified atom stereocenters. The fraction of sp³-hybridized carbons (Fsp3) is 0.200. The molecule has 0 spiro atoms. The van der Waals surface area contributed by atoms with E-state index in [-0.39, 0.29) is 0 Å². The summed E-state index contributed by atoms with van der Waals surface area (Å²) in [5, 5.41) is 0. The van der Waals surface area contributed by atoms with E-state index >= 15 is 0 Å². The lowest BCUT2D eigenvalue weighted by Gasteiger charge is -1.98. The van der Waals surface area contributed by atoms with E-state index in [1.165, 1.54) is 11.1 Å². The van der Waals surface area contributed by atoms with E-state index in [1.54, 1.807) is 0 Å². The van der Waals surface area contributed by atoms with Gasteiger partial charge in [0, 0.05) is 10.9 Å². The second-order valence-corrected chi connectivity index (χ2v) is 5.25. The van der Waals surface area contributed by atoms with Gasteiger partial charge >= 0.3 is 0 Å². The molecule has 1 aliphatic heterocycles. The van der Waals surface area contributed by atoms with E-state index in [9.17, 15) is 0 Å². The summed E-state index contributed by atoms with van der Waals surface area (Å²) in [4.78, 5) is 0. The largest absolute Gasteiger partial charge is 0.364 e. The third-order valence-corrected chi connectivity index (χ3v) is 3.59. The van der Waals surface area contributed by atoms with Gasteiger partial charge in [-0.15, -0.1) is 0 Å². The predicted octanol–water partition coefficient (Wildman–Crippen LogP) is 4.13. The summed E-state index contributed by atoms with van der Waals surface area (Å²) in [7, 11) is 0. The van der Waals surface area contributed by atoms with Gasteiger partial charge in [0.1, 0.15) is 6.10 Å². The first-order valence-corrected chi connectivity index (χ1v) is 6.57. The number of hydrogen-bond donors (Lipinski definition) is 0. The molecule has 1 nitrogen and oxygen atoms in total. The fourth-order valence-corrected chi connectivity index (χ4v) is 2.35. The van der Waals surface area contributed by atoms with Gasteiger partial charge in [0.15, 0.2) is 0 Å². The van der Waals surface area contributed by atoms with Crippen LogP contribution in [-0.2, 0) is 11.2 Å². The van der Waals surface area contributed by atoms with E-state index in [0.29, 0.717) is 12.2 Å². The molecular weight excluding hydrogens is 276 g/mol. The zero-order chi connectivity index (χ0) is 11.7. The van der Waals surface area contributed by atoms with Gasteiger partial charge in [-0.1, -0.05) is 58.4 Å². The van der Waals surface area contributed by atoms with Crippen LogP contribution in [0.3, 0.4) is 0 Å². The molecule has 0 aromatic heterocycles. The van der Waals surface area contributed by atoms with Crippen molar-refractivity contribution in [2.24, 2.45) is 0 Å². The van der Waals surface area contributed by atoms with Crippen LogP contribution in [0.5, 0.6) is 0 Å². The standard InChI is InChI=1S/C15H13BrO/c16-13-8-6-11(7-9-13)10-14-15(17-14)12-4-2-1-3-5-12/h1-9,14-15H,10H2/t14-,15-/m0/s1. The molecule has 17 heavy (non-hydrogen) atoms. The van der Waals surface area contributed by atoms with Crippen molar-refractivity contribution in [1.29, 1.82) is 0 Å². The van der Waals surface area contributed by atoms with Crippen LogP contribution < -0.4 is 0 Å². The first kappa shape index (κ1) is 11.0. The quantitative estimate of drug-likeness (QED) is 0.774. The second kappa shape index (κ2) is 4.63. The molecule has 0 radical (unpaired) electrons. The van der Waals surface area contributed by atoms with E-state index in [1.807, 2.05) is 6.07 Å². The summed E-state index contributed by atoms with van der Waals surface area (Å²) in [6.07, 6.45) is 1.63. The SMILES string of the molecule is Brc1ccc(C[C@@H]2O[C@H]2c2ccccc2)cc1. The van der Waals surface area contributed by atoms with Crippen LogP contribution in [0.2, 0.25) is 0 Å². The van der Waals surface area contributed by atoms with Crippen LogP contribution in [0.1, 0.15) is 17.2 Å². The van der Waals surface area contributed by atoms with E-state index in [4.69, 9.17) is 4.74 Å². The van der Waals surface area contributed by atoms with Crippen LogP contribution in [-0.4, -0.2) is 6.10 Å². The van der Waals surface area contributed by atoms with Gasteiger partial charge in [-0.2, -0.15) is 0 Å². The summed E-state index contributed by atoms with van der Waals surface area (Å²) in [6.45, 7) is 0. The van der Waals surface area contributed by atoms with Crippen LogP contribution in [0.25, 0.3) is 0 Å². The Hall–Kier alpha value is -1.12. The minimum absolute atomic E-state index is 0.292. The Balaban J connectivity index is 1.64. The highest BCUT2D eigenvalue weighted by atomic mass is 79.9. The Morgan fingerprint density at radius 2 is 1.65 bits per heavy atom. The fourth-order valence-electron chi connectivity index (χ4n) is 2.09. The monoisotopic (exact) mass is 288 g/mol. The van der Waals surface area contributed by atoms with Crippen molar-refractivity contribution >= 4 is 15.9 Å². The summed E-state index contributed by atoms with van der Waals surface area (Å²) >= 11 is 3.44. The molecule has 0 saturated carbocycles. The molecule has 2 aromatic rings. The molecule has 1 fully saturated rings. The molecule has 3 rings (SSSR count). The van der Waals surface area contributed by atoms with E-state index < -0.39 is 0 Å². The van der Waals surface area contributed by atoms with Gasteiger partial charge in [-0.05, 0) is 23.3 Å². The average Bonchev–Trinajstić information content (AvgIpc) is 3.13. The molecule has 2 aromatic carbocycles. The highest BCUT2D eigenvalue weighted by molar-refractivity contribution is 9.10. The zero-order valence-electron chi connectivity index (χ0n) is 9.34. The van der Waals surface area contributed by atoms with Crippen LogP contribution in [0.4, 0.5) is 0 Å². The first-order chi connectivity index (χ1) is 8.33. The van der Waals surface area contributed by atoms with Gasteiger partial charge in [-0.3, -0.25) is 0 Å². The maximum absolute atomic E-state index is 5.73. The first-order valence-electron chi connectivity index (χ1n) is 5.78. The Bertz CT molecular complexity index is 492. The van der Waals surface area contributed by atoms with Gasteiger partial charge < -0.3 is 4.74 Å². The zero-order valence-corrected chi connectivity index (χ0v) is 10.9. The molecule has 1 aliphatic rings. The molecule has 1 saturated heterocycles. The van der Waals surface area contributed by atoms with Crippen LogP contribution in [0, 0.1) is 0 Å². The van der Waals surface area contributed by atoms with Crippen molar-refractivity contribution in [3.8, 4) is 0 Å². The third-order valence-electron chi connectivity index (χ3n) is 3.06. The maximum atomic E-state index is 5.73. The molecule has 0 N–H and O–H groups in total. The molecule has 2 atom stereocenters. The Labute approximate surface area is 110 Å². The number of epoxide rings is 1. The smallest absolute Gasteiger partial charge is 0.109 e. The van der Waals surface area contributed by atoms with E-state index in [0.717, 1.165) is 10.9 Å². The lowest BCUT2D eigenvalue weighted by molar-refractivity contribution is 0.373. The van der Waals surface area contributed by atoms with Crippen LogP contribution >= 0.6 is 15.9 Å². The average molecular weight is 289 g/mol. The van der Waals surface area contributed by atoms with Crippen molar-refractivity contribution in [2.45, 2.75) is 18.6 Å². The lowest BCUT2D eigenvalue weighted by atomic mass is 10.0. The molecule has 2 heteroatoms. The summed E-state index contributed by atoms with van der Waals surface area (Å²) in [6, 6.07) is 18.9. The number of benzene rings is 2. The van der Waals surface area contributed by atoms with Gasteiger partial charge in [0.25, 0.3) is 0 Å². The predicted molar refractivity (Wildman–Crippen MR) is 71.9 cm³/mol. The van der Waals surface area contributed by atoms with Crippen LogP contribution in [0.15, 0.2) is 59.1 Å². The number of ether oxygens (including phenoxy) is 1. The van der Waals surface area contributed by atoms with Crippen molar-refractivity contribution < 1.29 is 4.74 Å². The van der Waals surface area contributed by atoms with Crippen molar-refractivity contribution in [1.82, 2.24) is 0 Å². The highest BCUT2D eigenvalue weighted by Gasteiger charge is 2.39. The van der Waals surface area contributed by atoms with Gasteiger partial charge in [-0.25, -0.2) is 0 Å². The number of hydrogen-bond acceptors (Lipinski definition) is 1. The van der Waals surface area contributed by atoms with Crippen molar-refractivity contribution in [2.75, 3.05) is 0 Å². The minimum Gasteiger partial charge on any atom is -0.364 e. The third kappa shape index (κ3) is 2.59. The normalized spacial score (nSPS) is 22.4. The Morgan fingerprint density at radius 3 is 2.35 bits per heavy atom. The summed E-state index contributed by atoms with van der Waals surface area (Å²) < 4.78 is 6.85. The van der Waals surface area contributed by atoms with Gasteiger partial charge in [0.05, 0.1) is 6.10 Å². The molecule has 0 aliphatic carbocycles. The molecule has 86 valence electrons. The van der Waals surface area contributed by atoms with Gasteiger partial charge in [0.2, 0.25) is 0 Å². The summed E-state index contributed by atoms with van der Waals surface area (Å²) in [5.41, 5.74) is 2.62. The molecule has 0 bridgehead atoms. The second-order valence-electron chi connectivity index (χ2n) is 4.34. The van der Waals surface area contributed by atoms with E-state index in [2.05, 4.69) is 64.5 Å². The number of halogens is 1. The van der Waals surface area contributed by atoms with Crippen molar-refractivity contribution in [3.63, 3.8) is 0 Å². The number of rotatable bonds is 3. The lowest BCUT2D eigenvalue weighted by Crippen LogP contribution is -1.94. The summed E-state index contributed by atoms with van der Waals surface area (Å²) in [5.74, 6) is 0. The topological polar surface area (TPSA) is 12.5 Å². The molecule has 1 heterocycles. The highest BCUT2D eigenvalue weighted by Crippen LogP contribution is 2.40. The Morgan fingerprint density at radius 1 is 0.941 bits per heavy atom. The Kier molecular flexibility index (Phi) is 3.00. The maximum Gasteiger partial charge on any atom is 0.109 e. The molecule has 0 amide bonds. The minimum atomic E-state index is 0.292.